The van der Waals surface area contributed by atoms with E-state index in [1.54, 1.807) is 16.4 Å². The van der Waals surface area contributed by atoms with Crippen LogP contribution in [0.1, 0.15) is 61.4 Å². The number of nitrogens with one attached hydrogen (secondary N) is 1. The molecule has 164 valence electrons. The Morgan fingerprint density at radius 1 is 1.03 bits per heavy atom. The number of thiazole rings is 1. The highest BCUT2D eigenvalue weighted by Crippen LogP contribution is 2.29. The molecule has 3 aromatic rings. The standard InChI is InChI=1S/C23H27N3O3S2/c1-16(2)18-9-12-20-21(15-18)30-23(24-20)25-22(27)17-7-10-19(11-8-17)31(28,29)26-13-5-3-4-6-14-26/h7-12,15-16H,3-6,13-14H2,1-2H3,(H,24,25,27). The smallest absolute Gasteiger partial charge is 0.257 e. The molecule has 6 nitrogen and oxygen atoms in total. The molecule has 4 rings (SSSR count). The van der Waals surface area contributed by atoms with Gasteiger partial charge in [0.2, 0.25) is 10.0 Å². The second-order valence-electron chi connectivity index (χ2n) is 8.20. The normalized spacial score (nSPS) is 15.8. The molecule has 31 heavy (non-hydrogen) atoms. The van der Waals surface area contributed by atoms with Gasteiger partial charge in [-0.3, -0.25) is 10.1 Å². The van der Waals surface area contributed by atoms with Crippen LogP contribution in [0.2, 0.25) is 0 Å². The van der Waals surface area contributed by atoms with E-state index in [1.807, 2.05) is 6.07 Å². The fraction of sp³-hybridized carbons (Fsp3) is 0.391. The average Bonchev–Trinajstić information content (AvgIpc) is 2.95. The Morgan fingerprint density at radius 2 is 1.71 bits per heavy atom. The number of hydrogen-bond donors (Lipinski definition) is 1. The van der Waals surface area contributed by atoms with Gasteiger partial charge in [0, 0.05) is 18.7 Å². The van der Waals surface area contributed by atoms with E-state index in [1.165, 1.54) is 29.0 Å². The maximum Gasteiger partial charge on any atom is 0.257 e. The molecule has 1 aromatic heterocycles. The summed E-state index contributed by atoms with van der Waals surface area (Å²) in [6.45, 7) is 5.39. The zero-order chi connectivity index (χ0) is 22.0. The summed E-state index contributed by atoms with van der Waals surface area (Å²) in [5, 5.41) is 3.36. The minimum Gasteiger partial charge on any atom is -0.298 e. The minimum atomic E-state index is -3.52. The lowest BCUT2D eigenvalue weighted by atomic mass is 10.0. The molecule has 0 unspecified atom stereocenters. The van der Waals surface area contributed by atoms with Gasteiger partial charge in [0.05, 0.1) is 15.1 Å². The molecule has 1 amide bonds. The topological polar surface area (TPSA) is 79.4 Å². The molecule has 1 aliphatic heterocycles. The van der Waals surface area contributed by atoms with Crippen LogP contribution in [-0.2, 0) is 10.0 Å². The van der Waals surface area contributed by atoms with Crippen molar-refractivity contribution in [2.75, 3.05) is 18.4 Å². The lowest BCUT2D eigenvalue weighted by Crippen LogP contribution is -2.31. The number of benzene rings is 2. The predicted octanol–water partition coefficient (Wildman–Crippen LogP) is 5.24. The quantitative estimate of drug-likeness (QED) is 0.568. The molecule has 0 atom stereocenters. The zero-order valence-corrected chi connectivity index (χ0v) is 19.4. The first-order chi connectivity index (χ1) is 14.8. The second-order valence-corrected chi connectivity index (χ2v) is 11.2. The molecule has 1 saturated heterocycles. The Kier molecular flexibility index (Phi) is 6.41. The first-order valence-corrected chi connectivity index (χ1v) is 12.9. The van der Waals surface area contributed by atoms with E-state index in [2.05, 4.69) is 36.3 Å². The van der Waals surface area contributed by atoms with Crippen LogP contribution in [-0.4, -0.2) is 36.7 Å². The molecule has 0 bridgehead atoms. The lowest BCUT2D eigenvalue weighted by molar-refractivity contribution is 0.102. The van der Waals surface area contributed by atoms with Crippen LogP contribution in [0.5, 0.6) is 0 Å². The third-order valence-electron chi connectivity index (χ3n) is 5.62. The van der Waals surface area contributed by atoms with Crippen molar-refractivity contribution in [3.05, 3.63) is 53.6 Å². The summed E-state index contributed by atoms with van der Waals surface area (Å²) < 4.78 is 28.4. The van der Waals surface area contributed by atoms with Gasteiger partial charge < -0.3 is 0 Å². The second kappa shape index (κ2) is 9.06. The summed E-state index contributed by atoms with van der Waals surface area (Å²) in [6, 6.07) is 12.3. The van der Waals surface area contributed by atoms with Crippen LogP contribution in [0, 0.1) is 0 Å². The minimum absolute atomic E-state index is 0.229. The third kappa shape index (κ3) is 4.81. The van der Waals surface area contributed by atoms with E-state index in [9.17, 15) is 13.2 Å². The largest absolute Gasteiger partial charge is 0.298 e. The number of rotatable bonds is 5. The van der Waals surface area contributed by atoms with Crippen molar-refractivity contribution in [3.63, 3.8) is 0 Å². The molecule has 0 radical (unpaired) electrons. The summed E-state index contributed by atoms with van der Waals surface area (Å²) in [6.07, 6.45) is 3.91. The molecule has 0 spiro atoms. The van der Waals surface area contributed by atoms with Crippen molar-refractivity contribution >= 4 is 42.6 Å². The Morgan fingerprint density at radius 3 is 2.35 bits per heavy atom. The van der Waals surface area contributed by atoms with Crippen LogP contribution >= 0.6 is 11.3 Å². The van der Waals surface area contributed by atoms with Gasteiger partial charge in [-0.2, -0.15) is 4.31 Å². The zero-order valence-electron chi connectivity index (χ0n) is 17.8. The highest BCUT2D eigenvalue weighted by Gasteiger charge is 2.25. The number of nitrogens with zero attached hydrogens (tertiary/aromatic N) is 2. The molecule has 1 fully saturated rings. The van der Waals surface area contributed by atoms with Gasteiger partial charge in [-0.25, -0.2) is 13.4 Å². The predicted molar refractivity (Wildman–Crippen MR) is 125 cm³/mol. The lowest BCUT2D eigenvalue weighted by Gasteiger charge is -2.20. The van der Waals surface area contributed by atoms with Crippen molar-refractivity contribution in [2.24, 2.45) is 0 Å². The fourth-order valence-electron chi connectivity index (χ4n) is 3.73. The molecular formula is C23H27N3O3S2. The van der Waals surface area contributed by atoms with Crippen LogP contribution in [0.15, 0.2) is 47.4 Å². The summed E-state index contributed by atoms with van der Waals surface area (Å²) in [4.78, 5) is 17.4. The summed E-state index contributed by atoms with van der Waals surface area (Å²) in [7, 11) is -3.52. The summed E-state index contributed by atoms with van der Waals surface area (Å²) >= 11 is 1.43. The molecule has 0 saturated carbocycles. The van der Waals surface area contributed by atoms with Gasteiger partial charge in [0.1, 0.15) is 0 Å². The van der Waals surface area contributed by atoms with Crippen molar-refractivity contribution in [2.45, 2.75) is 50.3 Å². The number of amides is 1. The van der Waals surface area contributed by atoms with Gasteiger partial charge in [-0.05, 0) is 60.7 Å². The van der Waals surface area contributed by atoms with Crippen LogP contribution in [0.25, 0.3) is 10.2 Å². The highest BCUT2D eigenvalue weighted by atomic mass is 32.2. The number of fused-ring (bicyclic) bond motifs is 1. The van der Waals surface area contributed by atoms with Crippen LogP contribution in [0.3, 0.4) is 0 Å². The van der Waals surface area contributed by atoms with Crippen LogP contribution in [0.4, 0.5) is 5.13 Å². The molecule has 1 N–H and O–H groups in total. The molecule has 8 heteroatoms. The highest BCUT2D eigenvalue weighted by molar-refractivity contribution is 7.89. The Bertz CT molecular complexity index is 1180. The Labute approximate surface area is 187 Å². The van der Waals surface area contributed by atoms with Crippen molar-refractivity contribution in [1.82, 2.24) is 9.29 Å². The van der Waals surface area contributed by atoms with Gasteiger partial charge in [0.15, 0.2) is 5.13 Å². The number of sulfonamides is 1. The first-order valence-electron chi connectivity index (χ1n) is 10.7. The molecular weight excluding hydrogens is 430 g/mol. The molecule has 2 aromatic carbocycles. The van der Waals surface area contributed by atoms with Crippen molar-refractivity contribution in [3.8, 4) is 0 Å². The third-order valence-corrected chi connectivity index (χ3v) is 8.47. The Hall–Kier alpha value is -2.29. The first kappa shape index (κ1) is 21.9. The average molecular weight is 458 g/mol. The van der Waals surface area contributed by atoms with Gasteiger partial charge >= 0.3 is 0 Å². The summed E-state index contributed by atoms with van der Waals surface area (Å²) in [5.74, 6) is 0.121. The van der Waals surface area contributed by atoms with Gasteiger partial charge in [0.25, 0.3) is 5.91 Å². The van der Waals surface area contributed by atoms with Crippen molar-refractivity contribution < 1.29 is 13.2 Å². The van der Waals surface area contributed by atoms with E-state index >= 15 is 0 Å². The molecule has 1 aliphatic rings. The van der Waals surface area contributed by atoms with Gasteiger partial charge in [-0.15, -0.1) is 0 Å². The SMILES string of the molecule is CC(C)c1ccc2nc(NC(=O)c3ccc(S(=O)(=O)N4CCCCCC4)cc3)sc2c1. The van der Waals surface area contributed by atoms with Gasteiger partial charge in [-0.1, -0.05) is 44.1 Å². The fourth-order valence-corrected chi connectivity index (χ4v) is 6.16. The van der Waals surface area contributed by atoms with E-state index in [0.717, 1.165) is 35.9 Å². The number of aromatic nitrogens is 1. The maximum absolute atomic E-state index is 12.9. The van der Waals surface area contributed by atoms with E-state index in [-0.39, 0.29) is 10.8 Å². The van der Waals surface area contributed by atoms with Crippen molar-refractivity contribution in [1.29, 1.82) is 0 Å². The molecule has 0 aliphatic carbocycles. The van der Waals surface area contributed by atoms with E-state index in [0.29, 0.717) is 29.7 Å². The van der Waals surface area contributed by atoms with Crippen LogP contribution < -0.4 is 5.32 Å². The molecule has 2 heterocycles. The Balaban J connectivity index is 1.49. The summed E-state index contributed by atoms with van der Waals surface area (Å²) in [5.41, 5.74) is 2.48. The number of carbonyl (C=O) groups is 1. The number of anilines is 1. The maximum atomic E-state index is 12.9. The van der Waals surface area contributed by atoms with E-state index < -0.39 is 10.0 Å². The number of hydrogen-bond acceptors (Lipinski definition) is 5. The number of carbonyl (C=O) groups excluding carboxylic acids is 1. The monoisotopic (exact) mass is 457 g/mol. The van der Waals surface area contributed by atoms with E-state index in [4.69, 9.17) is 0 Å².